The fourth-order valence-corrected chi connectivity index (χ4v) is 18.6. The van der Waals surface area contributed by atoms with Gasteiger partial charge in [0.2, 0.25) is 0 Å². The molecule has 42 heteroatoms. The van der Waals surface area contributed by atoms with Crippen molar-refractivity contribution in [1.82, 2.24) is 0 Å². The standard InChI is InChI=1S/C61H116N6O14P2.C35H68N6O12P2/c1-7-13-17-21-23-25-27-31-36-42-60(68)80-58(40-34-29-19-15-9-3)44-50-72-52-56(64-66-62)54-78-82(70,74-46-11-5)76-48-38-33-39-49-77-83(71,75-47-12-6)79-55-57(65-67-63)53-73-51-45-59(41-35-30-20-16-10-4)81-61(69)43-37-32-28-26-24-22-18-14-8-2;1-5-9-11-13-15-18-34(42)20-26-46-28-32(38-40-36)30-52-54(44,48-22-7-3)50-24-17-25-51-55(45,49-23-8-4)53-31-33(39-41-37)29-47-27-21-35(43)19-16-14-12-10-6-2/h11-12,56-59H,5-10,13-55H2,1-4H3;7-8,32-35,42-43H,3-6,9-31H2,1-2H3/t56?,57?,58-,59-,82?,83?;32?,33?,34-,35-,54?,55?/m11/s1. The van der Waals surface area contributed by atoms with Crippen LogP contribution in [0.15, 0.2) is 71.1 Å². The average molecular weight is 2050 g/mol. The summed E-state index contributed by atoms with van der Waals surface area (Å²) in [6, 6.07) is -3.43. The predicted octanol–water partition coefficient (Wildman–Crippen LogP) is 29.1. The molecule has 0 heterocycles. The number of carbonyl (C=O) groups excluding carboxylic acids is 2. The van der Waals surface area contributed by atoms with Crippen LogP contribution in [-0.2, 0) is 111 Å². The summed E-state index contributed by atoms with van der Waals surface area (Å²) < 4.78 is 154. The van der Waals surface area contributed by atoms with Crippen LogP contribution in [-0.4, -0.2) is 203 Å². The van der Waals surface area contributed by atoms with Crippen LogP contribution in [0.25, 0.3) is 41.8 Å². The first-order valence-corrected chi connectivity index (χ1v) is 57.7. The van der Waals surface area contributed by atoms with E-state index in [1.807, 2.05) is 0 Å². The van der Waals surface area contributed by atoms with Crippen molar-refractivity contribution in [3.8, 4) is 0 Å². The van der Waals surface area contributed by atoms with E-state index >= 15 is 0 Å². The van der Waals surface area contributed by atoms with Gasteiger partial charge in [-0.15, -0.1) is 26.3 Å². The molecule has 12 atom stereocenters. The highest BCUT2D eigenvalue weighted by Crippen LogP contribution is 2.53. The van der Waals surface area contributed by atoms with Crippen molar-refractivity contribution in [1.29, 1.82) is 0 Å². The molecule has 0 rings (SSSR count). The van der Waals surface area contributed by atoms with E-state index < -0.39 is 67.7 Å². The number of nitrogens with zero attached hydrogens (tertiary/aromatic N) is 12. The van der Waals surface area contributed by atoms with Crippen molar-refractivity contribution < 1.29 is 121 Å². The largest absolute Gasteiger partial charge is 0.475 e. The number of azide groups is 4. The van der Waals surface area contributed by atoms with Gasteiger partial charge in [0.1, 0.15) is 12.2 Å². The Morgan fingerprint density at radius 1 is 0.268 bits per heavy atom. The third-order valence-corrected chi connectivity index (χ3v) is 27.5. The first-order chi connectivity index (χ1) is 67.1. The summed E-state index contributed by atoms with van der Waals surface area (Å²) in [5.74, 6) is -0.367. The Balaban J connectivity index is 0. The minimum atomic E-state index is -4.18. The lowest BCUT2D eigenvalue weighted by molar-refractivity contribution is -0.151. The molecule has 0 aliphatic rings. The van der Waals surface area contributed by atoms with Crippen LogP contribution in [0.1, 0.15) is 375 Å². The summed E-state index contributed by atoms with van der Waals surface area (Å²) in [5, 5.41) is 35.2. The van der Waals surface area contributed by atoms with Crippen LogP contribution in [0, 0.1) is 0 Å². The third kappa shape index (κ3) is 87.9. The second-order valence-corrected chi connectivity index (χ2v) is 41.1. The van der Waals surface area contributed by atoms with Crippen molar-refractivity contribution in [3.63, 3.8) is 0 Å². The zero-order valence-corrected chi connectivity index (χ0v) is 89.1. The van der Waals surface area contributed by atoms with Gasteiger partial charge >= 0.3 is 43.2 Å². The molecule has 38 nitrogen and oxygen atoms in total. The number of aliphatic hydroxyl groups is 2. The molecular weight excluding hydrogens is 1860 g/mol. The average Bonchev–Trinajstić information content (AvgIpc) is 0.903. The maximum Gasteiger partial charge on any atom is 0.475 e. The van der Waals surface area contributed by atoms with Gasteiger partial charge < -0.3 is 38.6 Å². The molecular formula is C96H184N12O26P4. The van der Waals surface area contributed by atoms with Crippen molar-refractivity contribution in [3.05, 3.63) is 92.4 Å². The number of unbranched alkanes of at least 4 members (excludes halogenated alkanes) is 34. The molecule has 804 valence electrons. The summed E-state index contributed by atoms with van der Waals surface area (Å²) in [6.45, 7) is 25.8. The molecule has 8 unspecified atom stereocenters. The molecule has 2 N–H and O–H groups in total. The number of rotatable bonds is 108. The number of hydrogen-bond donors (Lipinski definition) is 2. The Kier molecular flexibility index (Phi) is 97.8. The van der Waals surface area contributed by atoms with E-state index in [4.69, 9.17) is 93.8 Å². The van der Waals surface area contributed by atoms with Crippen LogP contribution < -0.4 is 0 Å². The van der Waals surface area contributed by atoms with E-state index in [1.54, 1.807) is 0 Å². The van der Waals surface area contributed by atoms with Crippen molar-refractivity contribution in [2.45, 2.75) is 424 Å². The number of phosphoric ester groups is 4. The molecule has 0 aromatic heterocycles. The summed E-state index contributed by atoms with van der Waals surface area (Å²) in [4.78, 5) is 37.1. The number of hydrogen-bond acceptors (Lipinski definition) is 30. The zero-order chi connectivity index (χ0) is 102. The maximum atomic E-state index is 13.6. The number of ether oxygens (including phenoxy) is 6. The lowest BCUT2D eigenvalue weighted by Crippen LogP contribution is -2.23. The second-order valence-electron chi connectivity index (χ2n) is 34.4. The molecule has 0 saturated carbocycles. The van der Waals surface area contributed by atoms with Crippen molar-refractivity contribution >= 4 is 43.2 Å². The summed E-state index contributed by atoms with van der Waals surface area (Å²) in [5.41, 5.74) is 36.6. The molecule has 0 aliphatic heterocycles. The normalized spacial score (nSPS) is 14.9. The van der Waals surface area contributed by atoms with Crippen molar-refractivity contribution in [2.24, 2.45) is 20.5 Å². The smallest absolute Gasteiger partial charge is 0.462 e. The lowest BCUT2D eigenvalue weighted by atomic mass is 10.1. The number of carbonyl (C=O) groups is 2. The number of phosphoric acid groups is 4. The van der Waals surface area contributed by atoms with Gasteiger partial charge in [-0.2, -0.15) is 0 Å². The van der Waals surface area contributed by atoms with Gasteiger partial charge in [0, 0.05) is 58.5 Å². The van der Waals surface area contributed by atoms with Gasteiger partial charge in [0.25, 0.3) is 0 Å². The van der Waals surface area contributed by atoms with Crippen LogP contribution in [0.2, 0.25) is 0 Å². The lowest BCUT2D eigenvalue weighted by Gasteiger charge is -2.21. The van der Waals surface area contributed by atoms with E-state index in [9.17, 15) is 49.1 Å². The third-order valence-electron chi connectivity index (χ3n) is 21.7. The van der Waals surface area contributed by atoms with Gasteiger partial charge in [-0.25, -0.2) is 18.3 Å². The fourth-order valence-electron chi connectivity index (χ4n) is 13.8. The van der Waals surface area contributed by atoms with Gasteiger partial charge in [0.15, 0.2) is 0 Å². The fraction of sp³-hybridized carbons (Fsp3) is 0.896. The molecule has 0 spiro atoms. The highest BCUT2D eigenvalue weighted by molar-refractivity contribution is 7.49. The van der Waals surface area contributed by atoms with Gasteiger partial charge in [0.05, 0.1) is 155 Å². The second kappa shape index (κ2) is 99.7. The van der Waals surface area contributed by atoms with Crippen LogP contribution in [0.3, 0.4) is 0 Å². The quantitative estimate of drug-likeness (QED) is 0.0109. The predicted molar refractivity (Wildman–Crippen MR) is 544 cm³/mol. The Bertz CT molecular complexity index is 3130. The molecule has 0 fully saturated rings. The topological polar surface area (TPSA) is 504 Å². The van der Waals surface area contributed by atoms with E-state index in [0.29, 0.717) is 70.6 Å². The maximum absolute atomic E-state index is 13.6. The minimum absolute atomic E-state index is 0.0365. The van der Waals surface area contributed by atoms with Crippen LogP contribution in [0.5, 0.6) is 0 Å². The highest BCUT2D eigenvalue weighted by atomic mass is 31.2. The summed E-state index contributed by atoms with van der Waals surface area (Å²) in [7, 11) is -16.6. The van der Waals surface area contributed by atoms with Gasteiger partial charge in [-0.3, -0.25) is 63.9 Å². The van der Waals surface area contributed by atoms with E-state index in [0.717, 1.165) is 154 Å². The molecule has 0 radical (unpaired) electrons. The summed E-state index contributed by atoms with van der Waals surface area (Å²) >= 11 is 0. The Morgan fingerprint density at radius 3 is 0.732 bits per heavy atom. The first kappa shape index (κ1) is 135. The SMILES string of the molecule is C=CCOP(=O)(OCCCCCOP(=O)(OCC=C)OCC(COCC[C@@H](CCCCCCC)OC(=O)CCCCCCCCCCC)N=[N+]=[N-])OCC(COCC[C@@H](CCCCCCC)OC(=O)CCCCCCCCCCC)N=[N+]=[N-].C=CCOP(=O)(OCCCOP(=O)(OCC=C)OCC(COCC[C@H](O)CCCCCCC)N=[N+]=[N-])OCC(COCC[C@H](O)CCCCCCC)N=[N+]=[N-]. The molecule has 0 saturated heterocycles. The van der Waals surface area contributed by atoms with E-state index in [1.165, 1.54) is 127 Å². The molecule has 0 aromatic carbocycles. The Morgan fingerprint density at radius 2 is 0.486 bits per heavy atom. The van der Waals surface area contributed by atoms with E-state index in [2.05, 4.69) is 108 Å². The monoisotopic (exact) mass is 2050 g/mol. The minimum Gasteiger partial charge on any atom is -0.462 e. The van der Waals surface area contributed by atoms with Crippen LogP contribution in [0.4, 0.5) is 0 Å². The molecule has 0 aliphatic carbocycles. The van der Waals surface area contributed by atoms with Gasteiger partial charge in [-0.05, 0) is 112 Å². The van der Waals surface area contributed by atoms with Crippen LogP contribution >= 0.6 is 31.3 Å². The molecule has 0 amide bonds. The Hall–Kier alpha value is -4.66. The number of aliphatic hydroxyl groups excluding tert-OH is 2. The van der Waals surface area contributed by atoms with Gasteiger partial charge in [-0.1, -0.05) is 305 Å². The summed E-state index contributed by atoms with van der Waals surface area (Å²) in [6.07, 6.45) is 53.8. The Labute approximate surface area is 828 Å². The van der Waals surface area contributed by atoms with Crippen molar-refractivity contribution in [2.75, 3.05) is 132 Å². The molecule has 0 aromatic rings. The molecule has 138 heavy (non-hydrogen) atoms. The first-order valence-electron chi connectivity index (χ1n) is 51.9. The molecule has 0 bridgehead atoms. The zero-order valence-electron chi connectivity index (χ0n) is 85.5. The van der Waals surface area contributed by atoms with E-state index in [-0.39, 0.29) is 163 Å². The highest BCUT2D eigenvalue weighted by Gasteiger charge is 2.33. The number of esters is 2.